The molecule has 1 aromatic carbocycles. The van der Waals surface area contributed by atoms with Crippen LogP contribution in [0.25, 0.3) is 0 Å². The van der Waals surface area contributed by atoms with Crippen LogP contribution in [-0.2, 0) is 11.3 Å². The number of benzene rings is 1. The van der Waals surface area contributed by atoms with Gasteiger partial charge < -0.3 is 5.32 Å². The average molecular weight is 299 g/mol. The fraction of sp³-hybridized carbons (Fsp3) is 0.444. The van der Waals surface area contributed by atoms with Crippen LogP contribution in [-0.4, -0.2) is 15.7 Å². The molecule has 2 rings (SSSR count). The number of carbonyl (C=O) groups is 1. The highest BCUT2D eigenvalue weighted by Gasteiger charge is 2.05. The molecule has 0 aliphatic carbocycles. The first-order valence-corrected chi connectivity index (χ1v) is 8.14. The molecule has 0 radical (unpaired) electrons. The van der Waals surface area contributed by atoms with Gasteiger partial charge in [0, 0.05) is 12.6 Å². The average Bonchev–Trinajstić information content (AvgIpc) is 2.95. The van der Waals surface area contributed by atoms with Crippen molar-refractivity contribution in [1.82, 2.24) is 9.78 Å². The summed E-state index contributed by atoms with van der Waals surface area (Å²) in [5.74, 6) is 0.0794. The molecule has 0 aliphatic rings. The number of nitrogens with one attached hydrogen (secondary N) is 1. The number of aromatic nitrogens is 2. The molecule has 0 spiro atoms. The predicted octanol–water partition coefficient (Wildman–Crippen LogP) is 4.23. The van der Waals surface area contributed by atoms with Gasteiger partial charge >= 0.3 is 0 Å². The van der Waals surface area contributed by atoms with Crippen molar-refractivity contribution in [3.05, 3.63) is 48.3 Å². The van der Waals surface area contributed by atoms with Crippen molar-refractivity contribution in [2.45, 2.75) is 52.0 Å². The molecule has 0 unspecified atom stereocenters. The van der Waals surface area contributed by atoms with Crippen LogP contribution in [0.3, 0.4) is 0 Å². The van der Waals surface area contributed by atoms with Crippen LogP contribution in [0, 0.1) is 0 Å². The quantitative estimate of drug-likeness (QED) is 0.704. The summed E-state index contributed by atoms with van der Waals surface area (Å²) in [4.78, 5) is 11.9. The first-order chi connectivity index (χ1) is 10.8. The van der Waals surface area contributed by atoms with E-state index in [1.165, 1.54) is 24.8 Å². The summed E-state index contributed by atoms with van der Waals surface area (Å²) in [6.07, 6.45) is 9.98. The van der Waals surface area contributed by atoms with E-state index in [2.05, 4.69) is 29.5 Å². The molecule has 1 aromatic heterocycles. The summed E-state index contributed by atoms with van der Waals surface area (Å²) in [6, 6.07) is 10.2. The van der Waals surface area contributed by atoms with Crippen molar-refractivity contribution < 1.29 is 4.79 Å². The number of rotatable bonds is 9. The highest BCUT2D eigenvalue weighted by Crippen LogP contribution is 2.10. The maximum absolute atomic E-state index is 11.9. The highest BCUT2D eigenvalue weighted by atomic mass is 16.1. The van der Waals surface area contributed by atoms with Crippen LogP contribution in [0.1, 0.15) is 51.0 Å². The number of hydrogen-bond acceptors (Lipinski definition) is 2. The van der Waals surface area contributed by atoms with Gasteiger partial charge in [-0.15, -0.1) is 0 Å². The maximum Gasteiger partial charge on any atom is 0.224 e. The number of nitrogens with zero attached hydrogens (tertiary/aromatic N) is 2. The lowest BCUT2D eigenvalue weighted by molar-refractivity contribution is -0.116. The van der Waals surface area contributed by atoms with Gasteiger partial charge in [0.05, 0.1) is 18.4 Å². The van der Waals surface area contributed by atoms with E-state index in [4.69, 9.17) is 0 Å². The zero-order valence-corrected chi connectivity index (χ0v) is 13.3. The Bertz CT molecular complexity index is 563. The van der Waals surface area contributed by atoms with Crippen molar-refractivity contribution in [3.8, 4) is 0 Å². The lowest BCUT2D eigenvalue weighted by Crippen LogP contribution is -2.10. The number of carbonyl (C=O) groups excluding carboxylic acids is 1. The molecule has 1 heterocycles. The summed E-state index contributed by atoms with van der Waals surface area (Å²) < 4.78 is 1.84. The van der Waals surface area contributed by atoms with Crippen LogP contribution >= 0.6 is 0 Å². The van der Waals surface area contributed by atoms with Gasteiger partial charge in [-0.3, -0.25) is 9.48 Å². The van der Waals surface area contributed by atoms with E-state index in [9.17, 15) is 4.79 Å². The molecule has 118 valence electrons. The van der Waals surface area contributed by atoms with Crippen molar-refractivity contribution in [1.29, 1.82) is 0 Å². The van der Waals surface area contributed by atoms with Gasteiger partial charge in [-0.05, 0) is 12.0 Å². The molecule has 0 aliphatic heterocycles. The first-order valence-electron chi connectivity index (χ1n) is 8.14. The third-order valence-corrected chi connectivity index (χ3v) is 3.61. The summed E-state index contributed by atoms with van der Waals surface area (Å²) in [7, 11) is 0. The molecule has 0 bridgehead atoms. The summed E-state index contributed by atoms with van der Waals surface area (Å²) in [5.41, 5.74) is 1.97. The molecule has 22 heavy (non-hydrogen) atoms. The molecule has 0 atom stereocenters. The highest BCUT2D eigenvalue weighted by molar-refractivity contribution is 5.90. The zero-order chi connectivity index (χ0) is 15.6. The smallest absolute Gasteiger partial charge is 0.224 e. The lowest BCUT2D eigenvalue weighted by Gasteiger charge is -2.03. The van der Waals surface area contributed by atoms with Gasteiger partial charge in [-0.2, -0.15) is 5.10 Å². The molecule has 0 saturated carbocycles. The Morgan fingerprint density at radius 2 is 1.91 bits per heavy atom. The minimum Gasteiger partial charge on any atom is -0.323 e. The number of hydrogen-bond donors (Lipinski definition) is 1. The molecule has 0 saturated heterocycles. The van der Waals surface area contributed by atoms with Crippen LogP contribution in [0.4, 0.5) is 5.69 Å². The molecule has 4 heteroatoms. The van der Waals surface area contributed by atoms with E-state index in [0.717, 1.165) is 18.5 Å². The van der Waals surface area contributed by atoms with Gasteiger partial charge in [0.25, 0.3) is 0 Å². The fourth-order valence-corrected chi connectivity index (χ4v) is 2.40. The standard InChI is InChI=1S/C18H25N3O/c1-2-3-4-5-9-12-18(22)20-17-13-19-21(15-17)14-16-10-7-6-8-11-16/h6-8,10-11,13,15H,2-5,9,12,14H2,1H3,(H,20,22). The molecule has 0 fully saturated rings. The Kier molecular flexibility index (Phi) is 6.68. The second-order valence-corrected chi connectivity index (χ2v) is 5.62. The molecular formula is C18H25N3O. The summed E-state index contributed by atoms with van der Waals surface area (Å²) in [6.45, 7) is 2.91. The molecular weight excluding hydrogens is 274 g/mol. The second kappa shape index (κ2) is 9.03. The Hall–Kier alpha value is -2.10. The fourth-order valence-electron chi connectivity index (χ4n) is 2.40. The van der Waals surface area contributed by atoms with Crippen molar-refractivity contribution in [2.24, 2.45) is 0 Å². The van der Waals surface area contributed by atoms with Gasteiger partial charge in [0.15, 0.2) is 0 Å². The monoisotopic (exact) mass is 299 g/mol. The van der Waals surface area contributed by atoms with E-state index < -0.39 is 0 Å². The van der Waals surface area contributed by atoms with E-state index in [0.29, 0.717) is 13.0 Å². The molecule has 2 aromatic rings. The van der Waals surface area contributed by atoms with E-state index in [1.54, 1.807) is 6.20 Å². The second-order valence-electron chi connectivity index (χ2n) is 5.62. The van der Waals surface area contributed by atoms with Gasteiger partial charge in [-0.25, -0.2) is 0 Å². The van der Waals surface area contributed by atoms with Crippen molar-refractivity contribution in [3.63, 3.8) is 0 Å². The van der Waals surface area contributed by atoms with E-state index >= 15 is 0 Å². The van der Waals surface area contributed by atoms with Gasteiger partial charge in [0.2, 0.25) is 5.91 Å². The Morgan fingerprint density at radius 1 is 1.14 bits per heavy atom. The molecule has 1 N–H and O–H groups in total. The molecule has 4 nitrogen and oxygen atoms in total. The third-order valence-electron chi connectivity index (χ3n) is 3.61. The topological polar surface area (TPSA) is 46.9 Å². The predicted molar refractivity (Wildman–Crippen MR) is 89.8 cm³/mol. The summed E-state index contributed by atoms with van der Waals surface area (Å²) >= 11 is 0. The van der Waals surface area contributed by atoms with Gasteiger partial charge in [0.1, 0.15) is 0 Å². The van der Waals surface area contributed by atoms with E-state index in [1.807, 2.05) is 29.1 Å². The SMILES string of the molecule is CCCCCCCC(=O)Nc1cnn(Cc2ccccc2)c1. The minimum atomic E-state index is 0.0794. The third kappa shape index (κ3) is 5.72. The number of amides is 1. The summed E-state index contributed by atoms with van der Waals surface area (Å²) in [5, 5.41) is 7.20. The molecule has 1 amide bonds. The Labute approximate surface area is 132 Å². The minimum absolute atomic E-state index is 0.0794. The largest absolute Gasteiger partial charge is 0.323 e. The maximum atomic E-state index is 11.9. The number of anilines is 1. The lowest BCUT2D eigenvalue weighted by atomic mass is 10.1. The van der Waals surface area contributed by atoms with Crippen molar-refractivity contribution in [2.75, 3.05) is 5.32 Å². The van der Waals surface area contributed by atoms with Crippen molar-refractivity contribution >= 4 is 11.6 Å². The van der Waals surface area contributed by atoms with E-state index in [-0.39, 0.29) is 5.91 Å². The zero-order valence-electron chi connectivity index (χ0n) is 13.3. The first kappa shape index (κ1) is 16.3. The Balaban J connectivity index is 1.73. The van der Waals surface area contributed by atoms with Crippen LogP contribution in [0.5, 0.6) is 0 Å². The normalized spacial score (nSPS) is 10.6. The van der Waals surface area contributed by atoms with Gasteiger partial charge in [-0.1, -0.05) is 62.9 Å². The van der Waals surface area contributed by atoms with Crippen LogP contribution in [0.15, 0.2) is 42.7 Å². The Morgan fingerprint density at radius 3 is 2.68 bits per heavy atom. The number of unbranched alkanes of at least 4 members (excludes halogenated alkanes) is 4. The van der Waals surface area contributed by atoms with Crippen LogP contribution in [0.2, 0.25) is 0 Å². The van der Waals surface area contributed by atoms with Crippen LogP contribution < -0.4 is 5.32 Å².